The van der Waals surface area contributed by atoms with Gasteiger partial charge in [0.15, 0.2) is 0 Å². The van der Waals surface area contributed by atoms with Crippen LogP contribution in [0.2, 0.25) is 0 Å². The van der Waals surface area contributed by atoms with Gasteiger partial charge in [-0.15, -0.1) is 0 Å². The molecule has 0 saturated heterocycles. The standard InChI is InChI=1S/C9H6N4O2/c1-6-3-2-4-8-11-7(5-10)9(12(6)8)13(14)15/h2-4H,1H3. The number of imidazole rings is 1. The van der Waals surface area contributed by atoms with Crippen LogP contribution in [0.5, 0.6) is 0 Å². The van der Waals surface area contributed by atoms with Crippen LogP contribution in [-0.2, 0) is 0 Å². The third-order valence-electron chi connectivity index (χ3n) is 2.09. The summed E-state index contributed by atoms with van der Waals surface area (Å²) in [6.07, 6.45) is 0. The van der Waals surface area contributed by atoms with Gasteiger partial charge in [0.25, 0.3) is 0 Å². The minimum Gasteiger partial charge on any atom is -0.358 e. The molecule has 2 heterocycles. The van der Waals surface area contributed by atoms with E-state index in [0.717, 1.165) is 0 Å². The molecule has 2 rings (SSSR count). The van der Waals surface area contributed by atoms with Crippen LogP contribution in [0, 0.1) is 28.4 Å². The summed E-state index contributed by atoms with van der Waals surface area (Å²) in [5.74, 6) is -0.273. The molecule has 0 aromatic carbocycles. The maximum atomic E-state index is 10.8. The van der Waals surface area contributed by atoms with Gasteiger partial charge in [-0.1, -0.05) is 6.07 Å². The summed E-state index contributed by atoms with van der Waals surface area (Å²) in [5.41, 5.74) is 0.931. The van der Waals surface area contributed by atoms with Crippen LogP contribution in [0.4, 0.5) is 5.82 Å². The highest BCUT2D eigenvalue weighted by atomic mass is 16.6. The van der Waals surface area contributed by atoms with Gasteiger partial charge in [0.2, 0.25) is 11.3 Å². The molecule has 15 heavy (non-hydrogen) atoms. The summed E-state index contributed by atoms with van der Waals surface area (Å²) in [7, 11) is 0. The molecule has 0 spiro atoms. The molecule has 2 aromatic heterocycles. The second kappa shape index (κ2) is 3.06. The second-order valence-electron chi connectivity index (χ2n) is 3.01. The molecular weight excluding hydrogens is 196 g/mol. The Bertz CT molecular complexity index is 594. The summed E-state index contributed by atoms with van der Waals surface area (Å²) in [5, 5.41) is 19.5. The average Bonchev–Trinajstić information content (AvgIpc) is 2.57. The molecule has 0 bridgehead atoms. The SMILES string of the molecule is Cc1cccc2nc(C#N)c([N+](=O)[O-])n12. The van der Waals surface area contributed by atoms with E-state index >= 15 is 0 Å². The maximum Gasteiger partial charge on any atom is 0.366 e. The second-order valence-corrected chi connectivity index (χ2v) is 3.01. The van der Waals surface area contributed by atoms with E-state index < -0.39 is 4.92 Å². The van der Waals surface area contributed by atoms with Crippen LogP contribution in [0.1, 0.15) is 11.4 Å². The predicted octanol–water partition coefficient (Wildman–Crippen LogP) is 1.42. The quantitative estimate of drug-likeness (QED) is 0.517. The normalized spacial score (nSPS) is 10.1. The molecule has 0 aliphatic heterocycles. The molecular formula is C9H6N4O2. The Hall–Kier alpha value is -2.42. The number of fused-ring (bicyclic) bond motifs is 1. The van der Waals surface area contributed by atoms with Gasteiger partial charge in [-0.3, -0.25) is 0 Å². The number of nitro groups is 1. The van der Waals surface area contributed by atoms with Crippen molar-refractivity contribution in [3.05, 3.63) is 39.7 Å². The number of hydrogen-bond donors (Lipinski definition) is 0. The van der Waals surface area contributed by atoms with Crippen LogP contribution >= 0.6 is 0 Å². The largest absolute Gasteiger partial charge is 0.366 e. The predicted molar refractivity (Wildman–Crippen MR) is 51.3 cm³/mol. The Labute approximate surface area is 84.5 Å². The lowest BCUT2D eigenvalue weighted by Gasteiger charge is -1.96. The zero-order chi connectivity index (χ0) is 11.0. The first-order valence-corrected chi connectivity index (χ1v) is 4.17. The number of aryl methyl sites for hydroxylation is 1. The molecule has 0 amide bonds. The van der Waals surface area contributed by atoms with Gasteiger partial charge in [0.1, 0.15) is 11.8 Å². The first kappa shape index (κ1) is 9.15. The highest BCUT2D eigenvalue weighted by Gasteiger charge is 2.23. The summed E-state index contributed by atoms with van der Waals surface area (Å²) in [6.45, 7) is 1.73. The van der Waals surface area contributed by atoms with Gasteiger partial charge in [-0.05, 0) is 17.9 Å². The third-order valence-corrected chi connectivity index (χ3v) is 2.09. The van der Waals surface area contributed by atoms with Crippen molar-refractivity contribution >= 4 is 11.5 Å². The van der Waals surface area contributed by atoms with E-state index in [-0.39, 0.29) is 11.5 Å². The summed E-state index contributed by atoms with van der Waals surface area (Å²) >= 11 is 0. The molecule has 0 radical (unpaired) electrons. The van der Waals surface area contributed by atoms with Crippen molar-refractivity contribution in [2.75, 3.05) is 0 Å². The number of nitrogens with zero attached hydrogens (tertiary/aromatic N) is 4. The average molecular weight is 202 g/mol. The van der Waals surface area contributed by atoms with Crippen LogP contribution in [-0.4, -0.2) is 14.3 Å². The van der Waals surface area contributed by atoms with Crippen molar-refractivity contribution in [2.24, 2.45) is 0 Å². The summed E-state index contributed by atoms with van der Waals surface area (Å²) < 4.78 is 1.36. The lowest BCUT2D eigenvalue weighted by Crippen LogP contribution is -1.98. The number of rotatable bonds is 1. The maximum absolute atomic E-state index is 10.8. The van der Waals surface area contributed by atoms with Crippen molar-refractivity contribution in [2.45, 2.75) is 6.92 Å². The zero-order valence-corrected chi connectivity index (χ0v) is 7.84. The molecule has 6 heteroatoms. The molecule has 0 saturated carbocycles. The lowest BCUT2D eigenvalue weighted by atomic mass is 10.3. The van der Waals surface area contributed by atoms with E-state index in [1.54, 1.807) is 31.2 Å². The van der Waals surface area contributed by atoms with Gasteiger partial charge in [-0.2, -0.15) is 14.6 Å². The van der Waals surface area contributed by atoms with Gasteiger partial charge in [0, 0.05) is 6.07 Å². The van der Waals surface area contributed by atoms with E-state index in [0.29, 0.717) is 11.3 Å². The van der Waals surface area contributed by atoms with Crippen molar-refractivity contribution < 1.29 is 4.92 Å². The van der Waals surface area contributed by atoms with E-state index in [1.807, 2.05) is 0 Å². The lowest BCUT2D eigenvalue weighted by molar-refractivity contribution is -0.390. The van der Waals surface area contributed by atoms with E-state index in [9.17, 15) is 10.1 Å². The Morgan fingerprint density at radius 1 is 1.60 bits per heavy atom. The smallest absolute Gasteiger partial charge is 0.358 e. The summed E-state index contributed by atoms with van der Waals surface area (Å²) in [6, 6.07) is 6.81. The van der Waals surface area contributed by atoms with Gasteiger partial charge in [0.05, 0.1) is 0 Å². The number of aromatic nitrogens is 2. The van der Waals surface area contributed by atoms with Crippen LogP contribution in [0.15, 0.2) is 18.2 Å². The van der Waals surface area contributed by atoms with Gasteiger partial charge < -0.3 is 10.1 Å². The monoisotopic (exact) mass is 202 g/mol. The van der Waals surface area contributed by atoms with Gasteiger partial charge in [-0.25, -0.2) is 0 Å². The first-order chi connectivity index (χ1) is 7.15. The molecule has 0 N–H and O–H groups in total. The fourth-order valence-electron chi connectivity index (χ4n) is 1.48. The summed E-state index contributed by atoms with van der Waals surface area (Å²) in [4.78, 5) is 14.1. The molecule has 0 fully saturated rings. The number of hydrogen-bond acceptors (Lipinski definition) is 4. The molecule has 0 atom stereocenters. The molecule has 2 aromatic rings. The number of nitriles is 1. The van der Waals surface area contributed by atoms with Gasteiger partial charge >= 0.3 is 5.82 Å². The Morgan fingerprint density at radius 3 is 2.93 bits per heavy atom. The van der Waals surface area contributed by atoms with Crippen LogP contribution in [0.25, 0.3) is 5.65 Å². The Morgan fingerprint density at radius 2 is 2.33 bits per heavy atom. The molecule has 0 aliphatic carbocycles. The zero-order valence-electron chi connectivity index (χ0n) is 7.84. The van der Waals surface area contributed by atoms with Crippen molar-refractivity contribution in [3.63, 3.8) is 0 Å². The highest BCUT2D eigenvalue weighted by molar-refractivity contribution is 5.54. The van der Waals surface area contributed by atoms with E-state index in [1.165, 1.54) is 4.40 Å². The molecule has 74 valence electrons. The first-order valence-electron chi connectivity index (χ1n) is 4.17. The van der Waals surface area contributed by atoms with Crippen LogP contribution in [0.3, 0.4) is 0 Å². The molecule has 0 aliphatic rings. The minimum absolute atomic E-state index is 0.158. The topological polar surface area (TPSA) is 84.2 Å². The van der Waals surface area contributed by atoms with E-state index in [4.69, 9.17) is 5.26 Å². The number of pyridine rings is 1. The highest BCUT2D eigenvalue weighted by Crippen LogP contribution is 2.21. The minimum atomic E-state index is -0.592. The van der Waals surface area contributed by atoms with Crippen molar-refractivity contribution in [3.8, 4) is 6.07 Å². The Kier molecular flexibility index (Phi) is 1.87. The van der Waals surface area contributed by atoms with E-state index in [2.05, 4.69) is 4.98 Å². The third kappa shape index (κ3) is 1.21. The fourth-order valence-corrected chi connectivity index (χ4v) is 1.48. The van der Waals surface area contributed by atoms with Crippen molar-refractivity contribution in [1.82, 2.24) is 9.38 Å². The molecule has 6 nitrogen and oxygen atoms in total. The Balaban J connectivity index is 2.97. The fraction of sp³-hybridized carbons (Fsp3) is 0.111. The van der Waals surface area contributed by atoms with Crippen molar-refractivity contribution in [1.29, 1.82) is 5.26 Å². The van der Waals surface area contributed by atoms with Crippen LogP contribution < -0.4 is 0 Å². The molecule has 0 unspecified atom stereocenters.